The normalized spacial score (nSPS) is 15.4. The minimum absolute atomic E-state index is 0.125. The van der Waals surface area contributed by atoms with Crippen LogP contribution in [0.25, 0.3) is 5.69 Å². The lowest BCUT2D eigenvalue weighted by atomic mass is 10.1. The summed E-state index contributed by atoms with van der Waals surface area (Å²) in [4.78, 5) is 12.2. The summed E-state index contributed by atoms with van der Waals surface area (Å²) in [6, 6.07) is 5.74. The molecule has 0 atom stereocenters. The first-order chi connectivity index (χ1) is 9.75. The summed E-state index contributed by atoms with van der Waals surface area (Å²) < 4.78 is 1.60. The maximum atomic E-state index is 12.2. The van der Waals surface area contributed by atoms with Gasteiger partial charge in [-0.05, 0) is 47.9 Å². The molecule has 1 N–H and O–H groups in total. The fourth-order valence-electron chi connectivity index (χ4n) is 2.70. The van der Waals surface area contributed by atoms with Crippen molar-refractivity contribution in [2.75, 3.05) is 5.32 Å². The van der Waals surface area contributed by atoms with E-state index in [1.54, 1.807) is 11.0 Å². The summed E-state index contributed by atoms with van der Waals surface area (Å²) in [7, 11) is 0. The summed E-state index contributed by atoms with van der Waals surface area (Å²) in [6.45, 7) is 1.96. The first kappa shape index (κ1) is 12.8. The topological polar surface area (TPSA) is 72.7 Å². The lowest BCUT2D eigenvalue weighted by molar-refractivity contribution is -0.119. The molecule has 3 rings (SSSR count). The van der Waals surface area contributed by atoms with Crippen LogP contribution in [0.5, 0.6) is 0 Å². The number of hydrogen-bond acceptors (Lipinski definition) is 4. The minimum atomic E-state index is 0.125. The Morgan fingerprint density at radius 2 is 2.15 bits per heavy atom. The van der Waals surface area contributed by atoms with E-state index in [-0.39, 0.29) is 11.8 Å². The molecule has 0 aliphatic heterocycles. The van der Waals surface area contributed by atoms with Crippen molar-refractivity contribution in [3.63, 3.8) is 0 Å². The molecule has 2 aromatic rings. The van der Waals surface area contributed by atoms with Crippen molar-refractivity contribution >= 4 is 11.6 Å². The summed E-state index contributed by atoms with van der Waals surface area (Å²) >= 11 is 0. The molecule has 1 amide bonds. The molecule has 20 heavy (non-hydrogen) atoms. The van der Waals surface area contributed by atoms with Gasteiger partial charge in [-0.1, -0.05) is 18.9 Å². The van der Waals surface area contributed by atoms with Gasteiger partial charge in [0.2, 0.25) is 5.91 Å². The number of rotatable bonds is 3. The summed E-state index contributed by atoms with van der Waals surface area (Å²) in [5.74, 6) is 0.283. The third-order valence-electron chi connectivity index (χ3n) is 3.88. The second-order valence-corrected chi connectivity index (χ2v) is 5.17. The van der Waals surface area contributed by atoms with Crippen molar-refractivity contribution in [3.8, 4) is 5.69 Å². The summed E-state index contributed by atoms with van der Waals surface area (Å²) in [5.41, 5.74) is 2.67. The molecule has 0 spiro atoms. The highest BCUT2D eigenvalue weighted by atomic mass is 16.1. The molecule has 0 radical (unpaired) electrons. The van der Waals surface area contributed by atoms with Crippen molar-refractivity contribution in [2.45, 2.75) is 32.6 Å². The molecule has 1 heterocycles. The molecular formula is C14H17N5O. The van der Waals surface area contributed by atoms with Crippen LogP contribution in [-0.2, 0) is 4.79 Å². The molecule has 1 aromatic heterocycles. The highest BCUT2D eigenvalue weighted by Gasteiger charge is 2.23. The van der Waals surface area contributed by atoms with Crippen LogP contribution in [0.1, 0.15) is 31.2 Å². The summed E-state index contributed by atoms with van der Waals surface area (Å²) in [5, 5.41) is 14.2. The van der Waals surface area contributed by atoms with Gasteiger partial charge in [-0.15, -0.1) is 5.10 Å². The molecule has 1 aliphatic carbocycles. The van der Waals surface area contributed by atoms with E-state index in [2.05, 4.69) is 20.8 Å². The Morgan fingerprint density at radius 1 is 1.35 bits per heavy atom. The fourth-order valence-corrected chi connectivity index (χ4v) is 2.70. The maximum Gasteiger partial charge on any atom is 0.227 e. The van der Waals surface area contributed by atoms with Crippen LogP contribution in [-0.4, -0.2) is 26.1 Å². The first-order valence-corrected chi connectivity index (χ1v) is 6.89. The first-order valence-electron chi connectivity index (χ1n) is 6.89. The molecule has 0 saturated heterocycles. The van der Waals surface area contributed by atoms with Gasteiger partial charge < -0.3 is 5.32 Å². The van der Waals surface area contributed by atoms with Crippen molar-refractivity contribution in [1.82, 2.24) is 20.2 Å². The molecule has 1 fully saturated rings. The Bertz CT molecular complexity index is 602. The zero-order chi connectivity index (χ0) is 13.9. The van der Waals surface area contributed by atoms with Crippen molar-refractivity contribution in [3.05, 3.63) is 30.1 Å². The fraction of sp³-hybridized carbons (Fsp3) is 0.429. The average molecular weight is 271 g/mol. The van der Waals surface area contributed by atoms with E-state index in [1.807, 2.05) is 25.1 Å². The van der Waals surface area contributed by atoms with Gasteiger partial charge in [0.1, 0.15) is 6.33 Å². The van der Waals surface area contributed by atoms with Gasteiger partial charge in [0, 0.05) is 11.6 Å². The van der Waals surface area contributed by atoms with E-state index in [1.165, 1.54) is 0 Å². The average Bonchev–Trinajstić information content (AvgIpc) is 3.14. The number of aromatic nitrogens is 4. The quantitative estimate of drug-likeness (QED) is 0.927. The molecule has 1 aliphatic rings. The largest absolute Gasteiger partial charge is 0.326 e. The van der Waals surface area contributed by atoms with Crippen LogP contribution < -0.4 is 5.32 Å². The highest BCUT2D eigenvalue weighted by molar-refractivity contribution is 5.93. The van der Waals surface area contributed by atoms with E-state index in [9.17, 15) is 4.79 Å². The van der Waals surface area contributed by atoms with Gasteiger partial charge in [0.05, 0.1) is 5.69 Å². The Morgan fingerprint density at radius 3 is 2.85 bits per heavy atom. The lowest BCUT2D eigenvalue weighted by Gasteiger charge is -2.14. The predicted octanol–water partition coefficient (Wildman–Crippen LogP) is 2.10. The second kappa shape index (κ2) is 5.40. The Balaban J connectivity index is 1.83. The van der Waals surface area contributed by atoms with E-state index in [4.69, 9.17) is 0 Å². The van der Waals surface area contributed by atoms with Gasteiger partial charge in [-0.2, -0.15) is 0 Å². The third kappa shape index (κ3) is 2.41. The number of nitrogens with one attached hydrogen (secondary N) is 1. The third-order valence-corrected chi connectivity index (χ3v) is 3.88. The van der Waals surface area contributed by atoms with Crippen molar-refractivity contribution in [1.29, 1.82) is 0 Å². The number of carbonyl (C=O) groups is 1. The van der Waals surface area contributed by atoms with Gasteiger partial charge in [-0.25, -0.2) is 4.68 Å². The smallest absolute Gasteiger partial charge is 0.227 e. The van der Waals surface area contributed by atoms with Crippen LogP contribution in [0.4, 0.5) is 5.69 Å². The number of carbonyl (C=O) groups excluding carboxylic acids is 1. The Hall–Kier alpha value is -2.24. The number of benzene rings is 1. The molecular weight excluding hydrogens is 254 g/mol. The van der Waals surface area contributed by atoms with E-state index >= 15 is 0 Å². The van der Waals surface area contributed by atoms with E-state index in [0.29, 0.717) is 0 Å². The zero-order valence-corrected chi connectivity index (χ0v) is 11.4. The molecule has 0 bridgehead atoms. The zero-order valence-electron chi connectivity index (χ0n) is 11.4. The standard InChI is InChI=1S/C14H17N5O/c1-10-12(16-14(20)11-5-2-3-6-11)7-4-8-13(10)19-9-15-17-18-19/h4,7-9,11H,2-3,5-6H2,1H3,(H,16,20). The van der Waals surface area contributed by atoms with Crippen LogP contribution >= 0.6 is 0 Å². The van der Waals surface area contributed by atoms with Crippen LogP contribution in [0.15, 0.2) is 24.5 Å². The number of hydrogen-bond donors (Lipinski definition) is 1. The monoisotopic (exact) mass is 271 g/mol. The van der Waals surface area contributed by atoms with Crippen molar-refractivity contribution < 1.29 is 4.79 Å². The van der Waals surface area contributed by atoms with E-state index < -0.39 is 0 Å². The van der Waals surface area contributed by atoms with Gasteiger partial charge >= 0.3 is 0 Å². The van der Waals surface area contributed by atoms with Crippen molar-refractivity contribution in [2.24, 2.45) is 5.92 Å². The number of amides is 1. The number of nitrogens with zero attached hydrogens (tertiary/aromatic N) is 4. The molecule has 1 aromatic carbocycles. The van der Waals surface area contributed by atoms with Gasteiger partial charge in [0.25, 0.3) is 0 Å². The predicted molar refractivity (Wildman–Crippen MR) is 74.5 cm³/mol. The van der Waals surface area contributed by atoms with E-state index in [0.717, 1.165) is 42.6 Å². The molecule has 0 unspecified atom stereocenters. The maximum absolute atomic E-state index is 12.2. The lowest BCUT2D eigenvalue weighted by Crippen LogP contribution is -2.21. The van der Waals surface area contributed by atoms with Crippen LogP contribution in [0.3, 0.4) is 0 Å². The Kier molecular flexibility index (Phi) is 3.45. The van der Waals surface area contributed by atoms with Gasteiger partial charge in [-0.3, -0.25) is 4.79 Å². The molecule has 1 saturated carbocycles. The highest BCUT2D eigenvalue weighted by Crippen LogP contribution is 2.27. The molecule has 104 valence electrons. The number of tetrazole rings is 1. The Labute approximate surface area is 117 Å². The van der Waals surface area contributed by atoms with Crippen LogP contribution in [0.2, 0.25) is 0 Å². The molecule has 6 nitrogen and oxygen atoms in total. The SMILES string of the molecule is Cc1c(NC(=O)C2CCCC2)cccc1-n1cnnn1. The minimum Gasteiger partial charge on any atom is -0.326 e. The number of anilines is 1. The summed E-state index contributed by atoms with van der Waals surface area (Å²) in [6.07, 6.45) is 5.85. The molecule has 6 heteroatoms. The van der Waals surface area contributed by atoms with Gasteiger partial charge in [0.15, 0.2) is 0 Å². The second-order valence-electron chi connectivity index (χ2n) is 5.17. The van der Waals surface area contributed by atoms with Crippen LogP contribution in [0, 0.1) is 12.8 Å².